The van der Waals surface area contributed by atoms with Crippen LogP contribution in [0.2, 0.25) is 0 Å². The summed E-state index contributed by atoms with van der Waals surface area (Å²) in [6, 6.07) is 0. The molecule has 0 aromatic rings. The number of hydrogen-bond acceptors (Lipinski definition) is 4. The molecule has 0 saturated carbocycles. The fourth-order valence-electron chi connectivity index (χ4n) is 0.986. The maximum Gasteiger partial charge on any atom is 0.331 e. The second-order valence-electron chi connectivity index (χ2n) is 3.11. The van der Waals surface area contributed by atoms with Crippen molar-refractivity contribution < 1.29 is 14.6 Å². The van der Waals surface area contributed by atoms with E-state index in [9.17, 15) is 4.79 Å². The number of rotatable bonds is 6. The van der Waals surface area contributed by atoms with E-state index in [2.05, 4.69) is 0 Å². The van der Waals surface area contributed by atoms with E-state index in [0.717, 1.165) is 6.54 Å². The fourth-order valence-corrected chi connectivity index (χ4v) is 0.986. The SMILES string of the molecule is CC=CC(=O)OCN(CC)CC(C)O. The van der Waals surface area contributed by atoms with Crippen LogP contribution in [0.4, 0.5) is 0 Å². The summed E-state index contributed by atoms with van der Waals surface area (Å²) in [7, 11) is 0. The molecular weight excluding hydrogens is 182 g/mol. The molecule has 4 nitrogen and oxygen atoms in total. The van der Waals surface area contributed by atoms with Crippen molar-refractivity contribution in [1.82, 2.24) is 4.90 Å². The number of aliphatic hydroxyl groups is 1. The standard InChI is InChI=1S/C10H19NO3/c1-4-6-10(13)14-8-11(5-2)7-9(3)12/h4,6,9,12H,5,7-8H2,1-3H3. The van der Waals surface area contributed by atoms with Gasteiger partial charge in [0.25, 0.3) is 0 Å². The normalized spacial score (nSPS) is 13.5. The van der Waals surface area contributed by atoms with Crippen molar-refractivity contribution >= 4 is 5.97 Å². The van der Waals surface area contributed by atoms with Gasteiger partial charge in [0.1, 0.15) is 6.73 Å². The van der Waals surface area contributed by atoms with Crippen LogP contribution in [0, 0.1) is 0 Å². The quantitative estimate of drug-likeness (QED) is 0.392. The zero-order chi connectivity index (χ0) is 11.0. The number of ether oxygens (including phenoxy) is 1. The fraction of sp³-hybridized carbons (Fsp3) is 0.700. The van der Waals surface area contributed by atoms with Gasteiger partial charge in [0.15, 0.2) is 0 Å². The summed E-state index contributed by atoms with van der Waals surface area (Å²) in [4.78, 5) is 12.8. The predicted octanol–water partition coefficient (Wildman–Crippen LogP) is 0.766. The van der Waals surface area contributed by atoms with Crippen LogP contribution in [0.1, 0.15) is 20.8 Å². The van der Waals surface area contributed by atoms with Crippen molar-refractivity contribution in [2.24, 2.45) is 0 Å². The highest BCUT2D eigenvalue weighted by atomic mass is 16.5. The van der Waals surface area contributed by atoms with E-state index in [4.69, 9.17) is 9.84 Å². The molecule has 0 amide bonds. The number of esters is 1. The number of carbonyl (C=O) groups excluding carboxylic acids is 1. The Bertz CT molecular complexity index is 190. The first kappa shape index (κ1) is 13.1. The number of likely N-dealkylation sites (N-methyl/N-ethyl adjacent to an activating group) is 1. The Balaban J connectivity index is 3.77. The second-order valence-corrected chi connectivity index (χ2v) is 3.11. The Labute approximate surface area is 85.2 Å². The zero-order valence-electron chi connectivity index (χ0n) is 9.06. The van der Waals surface area contributed by atoms with Gasteiger partial charge in [-0.15, -0.1) is 0 Å². The van der Waals surface area contributed by atoms with Crippen molar-refractivity contribution in [2.75, 3.05) is 19.8 Å². The van der Waals surface area contributed by atoms with E-state index in [1.54, 1.807) is 19.9 Å². The van der Waals surface area contributed by atoms with Crippen LogP contribution in [0.5, 0.6) is 0 Å². The molecule has 14 heavy (non-hydrogen) atoms. The van der Waals surface area contributed by atoms with Gasteiger partial charge in [0.05, 0.1) is 6.10 Å². The molecule has 0 rings (SSSR count). The monoisotopic (exact) mass is 201 g/mol. The van der Waals surface area contributed by atoms with Crippen molar-refractivity contribution in [3.63, 3.8) is 0 Å². The molecule has 1 atom stereocenters. The maximum absolute atomic E-state index is 11.0. The summed E-state index contributed by atoms with van der Waals surface area (Å²) in [6.45, 7) is 6.90. The molecule has 0 aliphatic heterocycles. The predicted molar refractivity (Wildman–Crippen MR) is 54.7 cm³/mol. The average molecular weight is 201 g/mol. The molecule has 4 heteroatoms. The Morgan fingerprint density at radius 1 is 1.64 bits per heavy atom. The van der Waals surface area contributed by atoms with Crippen LogP contribution in [0.25, 0.3) is 0 Å². The molecule has 82 valence electrons. The van der Waals surface area contributed by atoms with E-state index in [0.29, 0.717) is 6.54 Å². The minimum atomic E-state index is -0.407. The lowest BCUT2D eigenvalue weighted by Crippen LogP contribution is -2.33. The van der Waals surface area contributed by atoms with Gasteiger partial charge in [0, 0.05) is 12.6 Å². The smallest absolute Gasteiger partial charge is 0.331 e. The summed E-state index contributed by atoms with van der Waals surface area (Å²) in [5.41, 5.74) is 0. The number of carbonyl (C=O) groups is 1. The lowest BCUT2D eigenvalue weighted by Gasteiger charge is -2.20. The molecule has 1 N–H and O–H groups in total. The van der Waals surface area contributed by atoms with Crippen LogP contribution in [0.3, 0.4) is 0 Å². The van der Waals surface area contributed by atoms with E-state index in [-0.39, 0.29) is 12.7 Å². The molecule has 0 bridgehead atoms. The van der Waals surface area contributed by atoms with Crippen LogP contribution in [0.15, 0.2) is 12.2 Å². The highest BCUT2D eigenvalue weighted by Gasteiger charge is 2.07. The van der Waals surface area contributed by atoms with Gasteiger partial charge in [-0.3, -0.25) is 4.90 Å². The molecule has 0 spiro atoms. The lowest BCUT2D eigenvalue weighted by molar-refractivity contribution is -0.143. The molecule has 0 aromatic carbocycles. The number of nitrogens with zero attached hydrogens (tertiary/aromatic N) is 1. The van der Waals surface area contributed by atoms with Gasteiger partial charge in [-0.25, -0.2) is 4.79 Å². The molecule has 0 aliphatic rings. The van der Waals surface area contributed by atoms with Crippen molar-refractivity contribution in [1.29, 1.82) is 0 Å². The van der Waals surface area contributed by atoms with Crippen LogP contribution < -0.4 is 0 Å². The zero-order valence-corrected chi connectivity index (χ0v) is 9.06. The highest BCUT2D eigenvalue weighted by Crippen LogP contribution is 1.93. The summed E-state index contributed by atoms with van der Waals surface area (Å²) in [5.74, 6) is -0.350. The van der Waals surface area contributed by atoms with E-state index < -0.39 is 6.10 Å². The molecule has 0 aromatic heterocycles. The Morgan fingerprint density at radius 2 is 2.29 bits per heavy atom. The second kappa shape index (κ2) is 7.53. The summed E-state index contributed by atoms with van der Waals surface area (Å²) >= 11 is 0. The minimum absolute atomic E-state index is 0.227. The summed E-state index contributed by atoms with van der Waals surface area (Å²) in [5, 5.41) is 9.13. The Morgan fingerprint density at radius 3 is 2.71 bits per heavy atom. The minimum Gasteiger partial charge on any atom is -0.446 e. The van der Waals surface area contributed by atoms with Gasteiger partial charge >= 0.3 is 5.97 Å². The third-order valence-electron chi connectivity index (χ3n) is 1.66. The number of hydrogen-bond donors (Lipinski definition) is 1. The number of allylic oxidation sites excluding steroid dienone is 1. The average Bonchev–Trinajstić information content (AvgIpc) is 2.12. The molecule has 0 aliphatic carbocycles. The lowest BCUT2D eigenvalue weighted by atomic mass is 10.4. The van der Waals surface area contributed by atoms with Crippen LogP contribution in [-0.2, 0) is 9.53 Å². The van der Waals surface area contributed by atoms with Gasteiger partial charge in [-0.05, 0) is 20.4 Å². The number of aliphatic hydroxyl groups excluding tert-OH is 1. The Hall–Kier alpha value is -0.870. The van der Waals surface area contributed by atoms with E-state index in [1.165, 1.54) is 6.08 Å². The van der Waals surface area contributed by atoms with Crippen molar-refractivity contribution in [2.45, 2.75) is 26.9 Å². The van der Waals surface area contributed by atoms with Crippen LogP contribution >= 0.6 is 0 Å². The Kier molecular flexibility index (Phi) is 7.06. The molecular formula is C10H19NO3. The van der Waals surface area contributed by atoms with Gasteiger partial charge < -0.3 is 9.84 Å². The van der Waals surface area contributed by atoms with Gasteiger partial charge in [-0.1, -0.05) is 13.0 Å². The molecule has 0 saturated heterocycles. The topological polar surface area (TPSA) is 49.8 Å². The first-order valence-electron chi connectivity index (χ1n) is 4.80. The summed E-state index contributed by atoms with van der Waals surface area (Å²) < 4.78 is 4.93. The molecule has 0 fully saturated rings. The van der Waals surface area contributed by atoms with Gasteiger partial charge in [-0.2, -0.15) is 0 Å². The van der Waals surface area contributed by atoms with Gasteiger partial charge in [0.2, 0.25) is 0 Å². The first-order chi connectivity index (χ1) is 6.60. The van der Waals surface area contributed by atoms with E-state index >= 15 is 0 Å². The molecule has 1 unspecified atom stereocenters. The van der Waals surface area contributed by atoms with Crippen LogP contribution in [-0.4, -0.2) is 41.9 Å². The largest absolute Gasteiger partial charge is 0.446 e. The maximum atomic E-state index is 11.0. The van der Waals surface area contributed by atoms with Crippen molar-refractivity contribution in [3.05, 3.63) is 12.2 Å². The molecule has 0 heterocycles. The molecule has 0 radical (unpaired) electrons. The summed E-state index contributed by atoms with van der Waals surface area (Å²) in [6.07, 6.45) is 2.60. The van der Waals surface area contributed by atoms with E-state index in [1.807, 2.05) is 11.8 Å². The third-order valence-corrected chi connectivity index (χ3v) is 1.66. The van der Waals surface area contributed by atoms with Crippen molar-refractivity contribution in [3.8, 4) is 0 Å². The third kappa shape index (κ3) is 6.62. The first-order valence-corrected chi connectivity index (χ1v) is 4.80. The highest BCUT2D eigenvalue weighted by molar-refractivity contribution is 5.81.